The van der Waals surface area contributed by atoms with Gasteiger partial charge in [0.1, 0.15) is 5.82 Å². The van der Waals surface area contributed by atoms with Crippen LogP contribution in [0.25, 0.3) is 10.9 Å². The molecule has 108 valence electrons. The van der Waals surface area contributed by atoms with Crippen LogP contribution in [0.3, 0.4) is 0 Å². The summed E-state index contributed by atoms with van der Waals surface area (Å²) in [6.45, 7) is 1.66. The van der Waals surface area contributed by atoms with Crippen LogP contribution in [0.2, 0.25) is 0 Å². The molecule has 0 bridgehead atoms. The Morgan fingerprint density at radius 3 is 2.60 bits per heavy atom. The van der Waals surface area contributed by atoms with Gasteiger partial charge in [-0.1, -0.05) is 0 Å². The predicted octanol–water partition coefficient (Wildman–Crippen LogP) is 3.86. The van der Waals surface area contributed by atoms with Gasteiger partial charge in [-0.3, -0.25) is 0 Å². The summed E-state index contributed by atoms with van der Waals surface area (Å²) >= 11 is 0. The molecule has 1 aromatic carbocycles. The van der Waals surface area contributed by atoms with E-state index in [1.54, 1.807) is 6.92 Å². The minimum absolute atomic E-state index is 0.00183. The van der Waals surface area contributed by atoms with Crippen LogP contribution in [0.1, 0.15) is 12.5 Å². The van der Waals surface area contributed by atoms with Gasteiger partial charge in [-0.15, -0.1) is 0 Å². The normalized spacial score (nSPS) is 11.7. The molecule has 0 aliphatic carbocycles. The summed E-state index contributed by atoms with van der Waals surface area (Å²) in [5.41, 5.74) is -1.40. The van der Waals surface area contributed by atoms with Crippen molar-refractivity contribution in [1.29, 1.82) is 0 Å². The number of aromatic amines is 1. The number of rotatable bonds is 2. The van der Waals surface area contributed by atoms with Crippen LogP contribution in [0.5, 0.6) is 5.88 Å². The van der Waals surface area contributed by atoms with Gasteiger partial charge in [0.15, 0.2) is 0 Å². The van der Waals surface area contributed by atoms with Crippen molar-refractivity contribution in [2.45, 2.75) is 13.1 Å². The number of hydrogen-bond acceptors (Lipinski definition) is 3. The number of fused-ring (bicyclic) bond motifs is 1. The fourth-order valence-electron chi connectivity index (χ4n) is 1.64. The van der Waals surface area contributed by atoms with Crippen molar-refractivity contribution in [3.05, 3.63) is 29.6 Å². The fraction of sp³-hybridized carbons (Fsp3) is 0.250. The lowest BCUT2D eigenvalue weighted by Gasteiger charge is -2.07. The molecule has 1 heterocycles. The highest BCUT2D eigenvalue weighted by molar-refractivity contribution is 5.83. The molecular weight excluding hydrogens is 282 g/mol. The summed E-state index contributed by atoms with van der Waals surface area (Å²) in [7, 11) is 0. The average Bonchev–Trinajstić information content (AvgIpc) is 2.67. The molecule has 0 saturated heterocycles. The number of carbonyl (C=O) groups is 1. The summed E-state index contributed by atoms with van der Waals surface area (Å²) in [4.78, 5) is 13.5. The van der Waals surface area contributed by atoms with E-state index in [1.165, 1.54) is 6.07 Å². The maximum atomic E-state index is 13.3. The van der Waals surface area contributed by atoms with Crippen molar-refractivity contribution in [2.75, 3.05) is 6.61 Å². The third-order valence-corrected chi connectivity index (χ3v) is 2.44. The molecule has 0 amide bonds. The summed E-state index contributed by atoms with van der Waals surface area (Å²) in [6, 6.07) is 2.53. The van der Waals surface area contributed by atoms with E-state index in [0.29, 0.717) is 12.1 Å². The summed E-state index contributed by atoms with van der Waals surface area (Å²) < 4.78 is 60.1. The van der Waals surface area contributed by atoms with Crippen LogP contribution in [0.4, 0.5) is 22.4 Å². The van der Waals surface area contributed by atoms with E-state index in [9.17, 15) is 22.4 Å². The first-order chi connectivity index (χ1) is 9.31. The zero-order valence-corrected chi connectivity index (χ0v) is 10.2. The molecule has 20 heavy (non-hydrogen) atoms. The Morgan fingerprint density at radius 2 is 2.00 bits per heavy atom. The third-order valence-electron chi connectivity index (χ3n) is 2.44. The van der Waals surface area contributed by atoms with Gasteiger partial charge in [0.25, 0.3) is 0 Å². The van der Waals surface area contributed by atoms with Gasteiger partial charge < -0.3 is 14.5 Å². The predicted molar refractivity (Wildman–Crippen MR) is 60.9 cm³/mol. The highest BCUT2D eigenvalue weighted by atomic mass is 19.4. The van der Waals surface area contributed by atoms with Gasteiger partial charge in [0.05, 0.1) is 12.2 Å². The van der Waals surface area contributed by atoms with Gasteiger partial charge in [0.2, 0.25) is 5.88 Å². The number of H-pyrrole nitrogens is 1. The second-order valence-corrected chi connectivity index (χ2v) is 3.84. The Bertz CT molecular complexity index is 648. The second-order valence-electron chi connectivity index (χ2n) is 3.84. The number of benzene rings is 1. The van der Waals surface area contributed by atoms with Crippen molar-refractivity contribution in [1.82, 2.24) is 4.98 Å². The maximum absolute atomic E-state index is 13.3. The highest BCUT2D eigenvalue weighted by Gasteiger charge is 2.34. The molecule has 2 aromatic rings. The smallest absolute Gasteiger partial charge is 0.434 e. The Morgan fingerprint density at radius 1 is 1.30 bits per heavy atom. The Labute approximate surface area is 110 Å². The number of halogens is 4. The summed E-state index contributed by atoms with van der Waals surface area (Å²) in [6.07, 6.45) is -5.80. The monoisotopic (exact) mass is 291 g/mol. The number of hydrogen-bond donors (Lipinski definition) is 1. The lowest BCUT2D eigenvalue weighted by atomic mass is 10.1. The molecule has 0 atom stereocenters. The second kappa shape index (κ2) is 5.03. The van der Waals surface area contributed by atoms with E-state index in [4.69, 9.17) is 0 Å². The molecular formula is C12H9F4NO3. The van der Waals surface area contributed by atoms with Crippen molar-refractivity contribution in [2.24, 2.45) is 0 Å². The molecule has 0 spiro atoms. The maximum Gasteiger partial charge on any atom is 0.515 e. The first kappa shape index (κ1) is 14.2. The summed E-state index contributed by atoms with van der Waals surface area (Å²) in [5.74, 6) is -1.52. The van der Waals surface area contributed by atoms with E-state index in [2.05, 4.69) is 14.5 Å². The molecule has 8 heteroatoms. The Balaban J connectivity index is 2.37. The highest BCUT2D eigenvalue weighted by Crippen LogP contribution is 2.34. The number of nitrogens with one attached hydrogen (secondary N) is 1. The van der Waals surface area contributed by atoms with Crippen LogP contribution < -0.4 is 4.74 Å². The SMILES string of the molecule is CCOC(=O)Oc1cc2cc(F)c(C(F)(F)F)cc2[nH]1. The standard InChI is InChI=1S/C12H9F4NO3/c1-2-19-11(18)20-10-4-6-3-8(13)7(12(14,15)16)5-9(6)17-10/h3-5,17H,2H2,1H3. The largest absolute Gasteiger partial charge is 0.515 e. The molecule has 0 saturated carbocycles. The zero-order valence-electron chi connectivity index (χ0n) is 10.2. The Kier molecular flexibility index (Phi) is 3.56. The van der Waals surface area contributed by atoms with Crippen molar-refractivity contribution in [3.8, 4) is 5.88 Å². The van der Waals surface area contributed by atoms with Gasteiger partial charge >= 0.3 is 12.3 Å². The average molecular weight is 291 g/mol. The molecule has 0 unspecified atom stereocenters. The van der Waals surface area contributed by atoms with Gasteiger partial charge in [-0.05, 0) is 19.1 Å². The molecule has 0 aliphatic rings. The fourth-order valence-corrected chi connectivity index (χ4v) is 1.64. The van der Waals surface area contributed by atoms with E-state index in [1.807, 2.05) is 0 Å². The zero-order chi connectivity index (χ0) is 14.9. The van der Waals surface area contributed by atoms with Gasteiger partial charge in [-0.2, -0.15) is 13.2 Å². The number of carbonyl (C=O) groups excluding carboxylic acids is 1. The van der Waals surface area contributed by atoms with Crippen LogP contribution >= 0.6 is 0 Å². The minimum atomic E-state index is -4.80. The number of aromatic nitrogens is 1. The Hall–Kier alpha value is -2.25. The lowest BCUT2D eigenvalue weighted by Crippen LogP contribution is -2.10. The molecule has 0 fully saturated rings. The minimum Gasteiger partial charge on any atom is -0.434 e. The van der Waals surface area contributed by atoms with E-state index >= 15 is 0 Å². The first-order valence-corrected chi connectivity index (χ1v) is 5.55. The molecule has 2 rings (SSSR count). The summed E-state index contributed by atoms with van der Waals surface area (Å²) in [5, 5.41) is 0.148. The van der Waals surface area contributed by atoms with Crippen LogP contribution in [0, 0.1) is 5.82 Å². The third kappa shape index (κ3) is 2.84. The topological polar surface area (TPSA) is 51.3 Å². The molecule has 0 radical (unpaired) electrons. The van der Waals surface area contributed by atoms with E-state index in [-0.39, 0.29) is 23.4 Å². The first-order valence-electron chi connectivity index (χ1n) is 5.55. The van der Waals surface area contributed by atoms with Crippen LogP contribution in [-0.2, 0) is 10.9 Å². The van der Waals surface area contributed by atoms with Crippen molar-refractivity contribution < 1.29 is 31.8 Å². The number of alkyl halides is 3. The molecule has 1 aromatic heterocycles. The molecule has 4 nitrogen and oxygen atoms in total. The molecule has 0 aliphatic heterocycles. The van der Waals surface area contributed by atoms with Crippen molar-refractivity contribution >= 4 is 17.1 Å². The van der Waals surface area contributed by atoms with E-state index in [0.717, 1.165) is 0 Å². The van der Waals surface area contributed by atoms with Crippen LogP contribution in [0.15, 0.2) is 18.2 Å². The molecule has 1 N–H and O–H groups in total. The van der Waals surface area contributed by atoms with Crippen LogP contribution in [-0.4, -0.2) is 17.7 Å². The van der Waals surface area contributed by atoms with Crippen molar-refractivity contribution in [3.63, 3.8) is 0 Å². The quantitative estimate of drug-likeness (QED) is 0.675. The lowest BCUT2D eigenvalue weighted by molar-refractivity contribution is -0.139. The van der Waals surface area contributed by atoms with E-state index < -0.39 is 23.7 Å². The number of ether oxygens (including phenoxy) is 2. The van der Waals surface area contributed by atoms with Gasteiger partial charge in [-0.25, -0.2) is 9.18 Å². The van der Waals surface area contributed by atoms with Gasteiger partial charge in [0, 0.05) is 17.0 Å².